The second-order valence-corrected chi connectivity index (χ2v) is 4.44. The van der Waals surface area contributed by atoms with E-state index in [2.05, 4.69) is 4.98 Å². The van der Waals surface area contributed by atoms with Crippen LogP contribution in [0.4, 0.5) is 0 Å². The Morgan fingerprint density at radius 1 is 1.67 bits per heavy atom. The molecule has 0 aliphatic carbocycles. The Morgan fingerprint density at radius 2 is 2.43 bits per heavy atom. The minimum absolute atomic E-state index is 0.0688. The molecule has 0 bridgehead atoms. The SMILES string of the molecule is COC(=O)C1=C(CCl)OC(N)=C(C#N)C1c1cccnc1. The van der Waals surface area contributed by atoms with Crippen molar-refractivity contribution in [3.63, 3.8) is 0 Å². The molecule has 6 nitrogen and oxygen atoms in total. The zero-order valence-corrected chi connectivity index (χ0v) is 11.9. The largest absolute Gasteiger partial charge is 0.466 e. The summed E-state index contributed by atoms with van der Waals surface area (Å²) in [5, 5.41) is 9.33. The lowest BCUT2D eigenvalue weighted by Gasteiger charge is -2.26. The lowest BCUT2D eigenvalue weighted by atomic mass is 9.84. The van der Waals surface area contributed by atoms with Gasteiger partial charge in [0, 0.05) is 12.4 Å². The first-order valence-electron chi connectivity index (χ1n) is 5.98. The molecule has 108 valence electrons. The molecule has 1 atom stereocenters. The molecule has 1 aromatic rings. The van der Waals surface area contributed by atoms with Gasteiger partial charge in [-0.2, -0.15) is 5.26 Å². The van der Waals surface area contributed by atoms with Crippen LogP contribution in [0, 0.1) is 11.3 Å². The van der Waals surface area contributed by atoms with Gasteiger partial charge in [-0.15, -0.1) is 11.6 Å². The number of pyridine rings is 1. The molecule has 2 heterocycles. The van der Waals surface area contributed by atoms with E-state index < -0.39 is 11.9 Å². The fourth-order valence-corrected chi connectivity index (χ4v) is 2.33. The van der Waals surface area contributed by atoms with Gasteiger partial charge in [-0.1, -0.05) is 6.07 Å². The maximum Gasteiger partial charge on any atom is 0.338 e. The van der Waals surface area contributed by atoms with Crippen molar-refractivity contribution in [2.24, 2.45) is 5.73 Å². The minimum atomic E-state index is -0.710. The quantitative estimate of drug-likeness (QED) is 0.672. The third kappa shape index (κ3) is 2.69. The van der Waals surface area contributed by atoms with E-state index in [4.69, 9.17) is 26.8 Å². The first-order chi connectivity index (χ1) is 10.1. The zero-order valence-electron chi connectivity index (χ0n) is 11.2. The first-order valence-corrected chi connectivity index (χ1v) is 6.52. The molecule has 0 saturated heterocycles. The van der Waals surface area contributed by atoms with Crippen molar-refractivity contribution in [2.45, 2.75) is 5.92 Å². The number of halogens is 1. The molecule has 0 amide bonds. The van der Waals surface area contributed by atoms with E-state index in [0.717, 1.165) is 0 Å². The number of aromatic nitrogens is 1. The normalized spacial score (nSPS) is 18.0. The number of hydrogen-bond donors (Lipinski definition) is 1. The van der Waals surface area contributed by atoms with Gasteiger partial charge in [0.05, 0.1) is 24.5 Å². The fraction of sp³-hybridized carbons (Fsp3) is 0.214. The Kier molecular flexibility index (Phi) is 4.45. The second kappa shape index (κ2) is 6.29. The molecule has 2 rings (SSSR count). The maximum absolute atomic E-state index is 12.1. The average Bonchev–Trinajstić information content (AvgIpc) is 2.53. The van der Waals surface area contributed by atoms with E-state index in [1.54, 1.807) is 24.5 Å². The van der Waals surface area contributed by atoms with Crippen molar-refractivity contribution < 1.29 is 14.3 Å². The number of nitrogens with two attached hydrogens (primary N) is 1. The number of allylic oxidation sites excluding steroid dienone is 2. The van der Waals surface area contributed by atoms with Crippen LogP contribution in [0.3, 0.4) is 0 Å². The lowest BCUT2D eigenvalue weighted by molar-refractivity contribution is -0.136. The standard InChI is InChI=1S/C14H12ClN3O3/c1-20-14(19)12-10(5-15)21-13(17)9(6-16)11(12)8-3-2-4-18-7-8/h2-4,7,11H,5,17H2,1H3. The monoisotopic (exact) mass is 305 g/mol. The molecule has 0 aromatic carbocycles. The summed E-state index contributed by atoms with van der Waals surface area (Å²) in [6.45, 7) is 0. The number of esters is 1. The average molecular weight is 306 g/mol. The van der Waals surface area contributed by atoms with E-state index >= 15 is 0 Å². The van der Waals surface area contributed by atoms with Crippen molar-refractivity contribution in [1.29, 1.82) is 5.26 Å². The van der Waals surface area contributed by atoms with E-state index in [0.29, 0.717) is 5.56 Å². The predicted octanol–water partition coefficient (Wildman–Crippen LogP) is 1.56. The van der Waals surface area contributed by atoms with E-state index in [9.17, 15) is 10.1 Å². The van der Waals surface area contributed by atoms with Crippen molar-refractivity contribution in [3.05, 3.63) is 52.9 Å². The Labute approximate surface area is 126 Å². The summed E-state index contributed by atoms with van der Waals surface area (Å²) in [4.78, 5) is 16.1. The molecule has 0 fully saturated rings. The van der Waals surface area contributed by atoms with Crippen LogP contribution in [-0.2, 0) is 14.3 Å². The number of carbonyl (C=O) groups excluding carboxylic acids is 1. The summed E-state index contributed by atoms with van der Waals surface area (Å²) >= 11 is 5.82. The number of ether oxygens (including phenoxy) is 2. The van der Waals surface area contributed by atoms with Crippen molar-refractivity contribution in [2.75, 3.05) is 13.0 Å². The molecule has 7 heteroatoms. The summed E-state index contributed by atoms with van der Waals surface area (Å²) in [5.74, 6) is -1.30. The summed E-state index contributed by atoms with van der Waals surface area (Å²) in [6.07, 6.45) is 3.14. The number of rotatable bonds is 3. The third-order valence-corrected chi connectivity index (χ3v) is 3.28. The molecule has 1 aliphatic heterocycles. The Bertz CT molecular complexity index is 662. The molecule has 21 heavy (non-hydrogen) atoms. The molecule has 1 aromatic heterocycles. The second-order valence-electron chi connectivity index (χ2n) is 4.17. The summed E-state index contributed by atoms with van der Waals surface area (Å²) in [6, 6.07) is 5.41. The number of methoxy groups -OCH3 is 1. The predicted molar refractivity (Wildman–Crippen MR) is 74.7 cm³/mol. The number of carbonyl (C=O) groups is 1. The van der Waals surface area contributed by atoms with Gasteiger partial charge < -0.3 is 15.2 Å². The van der Waals surface area contributed by atoms with Gasteiger partial charge in [0.2, 0.25) is 5.88 Å². The Hall–Kier alpha value is -2.52. The zero-order chi connectivity index (χ0) is 15.4. The molecule has 0 radical (unpaired) electrons. The smallest absolute Gasteiger partial charge is 0.338 e. The van der Waals surface area contributed by atoms with Crippen LogP contribution in [0.1, 0.15) is 11.5 Å². The summed E-state index contributed by atoms with van der Waals surface area (Å²) in [5.41, 5.74) is 6.67. The molecule has 1 aliphatic rings. The highest BCUT2D eigenvalue weighted by Crippen LogP contribution is 2.39. The van der Waals surface area contributed by atoms with Gasteiger partial charge in [-0.25, -0.2) is 4.79 Å². The molecular weight excluding hydrogens is 294 g/mol. The highest BCUT2D eigenvalue weighted by atomic mass is 35.5. The fourth-order valence-electron chi connectivity index (χ4n) is 2.13. The number of nitriles is 1. The topological polar surface area (TPSA) is 98.2 Å². The molecule has 2 N–H and O–H groups in total. The summed E-state index contributed by atoms with van der Waals surface area (Å²) in [7, 11) is 1.25. The highest BCUT2D eigenvalue weighted by Gasteiger charge is 2.37. The van der Waals surface area contributed by atoms with Gasteiger partial charge >= 0.3 is 5.97 Å². The van der Waals surface area contributed by atoms with Crippen LogP contribution in [0.5, 0.6) is 0 Å². The summed E-state index contributed by atoms with van der Waals surface area (Å²) < 4.78 is 10.1. The maximum atomic E-state index is 12.1. The van der Waals surface area contributed by atoms with Gasteiger partial charge in [0.25, 0.3) is 0 Å². The van der Waals surface area contributed by atoms with Gasteiger partial charge in [0.1, 0.15) is 17.4 Å². The minimum Gasteiger partial charge on any atom is -0.466 e. The van der Waals surface area contributed by atoms with Crippen LogP contribution in [0.15, 0.2) is 47.3 Å². The van der Waals surface area contributed by atoms with Crippen molar-refractivity contribution >= 4 is 17.6 Å². The lowest BCUT2D eigenvalue weighted by Crippen LogP contribution is -2.26. The number of hydrogen-bond acceptors (Lipinski definition) is 6. The molecule has 0 saturated carbocycles. The van der Waals surface area contributed by atoms with E-state index in [-0.39, 0.29) is 28.7 Å². The van der Waals surface area contributed by atoms with Gasteiger partial charge in [-0.05, 0) is 11.6 Å². The first kappa shape index (κ1) is 14.9. The highest BCUT2D eigenvalue weighted by molar-refractivity contribution is 6.19. The van der Waals surface area contributed by atoms with Crippen molar-refractivity contribution in [3.8, 4) is 6.07 Å². The van der Waals surface area contributed by atoms with Crippen LogP contribution in [0.2, 0.25) is 0 Å². The van der Waals surface area contributed by atoms with Gasteiger partial charge in [0.15, 0.2) is 0 Å². The van der Waals surface area contributed by atoms with Crippen LogP contribution < -0.4 is 5.73 Å². The van der Waals surface area contributed by atoms with E-state index in [1.807, 2.05) is 6.07 Å². The van der Waals surface area contributed by atoms with Crippen LogP contribution in [-0.4, -0.2) is 23.9 Å². The van der Waals surface area contributed by atoms with Crippen LogP contribution in [0.25, 0.3) is 0 Å². The van der Waals surface area contributed by atoms with Gasteiger partial charge in [-0.3, -0.25) is 4.98 Å². The number of alkyl halides is 1. The van der Waals surface area contributed by atoms with Crippen molar-refractivity contribution in [1.82, 2.24) is 4.98 Å². The third-order valence-electron chi connectivity index (χ3n) is 3.04. The number of nitrogens with zero attached hydrogens (tertiary/aromatic N) is 2. The molecule has 1 unspecified atom stereocenters. The van der Waals surface area contributed by atoms with E-state index in [1.165, 1.54) is 7.11 Å². The Morgan fingerprint density at radius 3 is 2.95 bits per heavy atom. The van der Waals surface area contributed by atoms with Crippen LogP contribution >= 0.6 is 11.6 Å². The molecule has 0 spiro atoms. The Balaban J connectivity index is 2.66. The molecular formula is C14H12ClN3O3.